The normalized spacial score (nSPS) is 22.6. The molecule has 3 nitrogen and oxygen atoms in total. The predicted molar refractivity (Wildman–Crippen MR) is 64.1 cm³/mol. The van der Waals surface area contributed by atoms with Crippen LogP contribution in [-0.2, 0) is 17.8 Å². The summed E-state index contributed by atoms with van der Waals surface area (Å²) < 4.78 is 11.3. The van der Waals surface area contributed by atoms with E-state index in [0.717, 1.165) is 38.5 Å². The van der Waals surface area contributed by atoms with Gasteiger partial charge in [0.2, 0.25) is 0 Å². The van der Waals surface area contributed by atoms with Crippen LogP contribution in [0.15, 0.2) is 18.2 Å². The monoisotopic (exact) mass is 241 g/mol. The summed E-state index contributed by atoms with van der Waals surface area (Å²) in [7, 11) is 0. The van der Waals surface area contributed by atoms with Crippen LogP contribution in [0.3, 0.4) is 0 Å². The fraction of sp³-hybridized carbons (Fsp3) is 0.500. The van der Waals surface area contributed by atoms with Crippen LogP contribution in [0.4, 0.5) is 0 Å². The highest BCUT2D eigenvalue weighted by atomic mass is 35.5. The predicted octanol–water partition coefficient (Wildman–Crippen LogP) is 1.88. The van der Waals surface area contributed by atoms with Gasteiger partial charge in [0.05, 0.1) is 13.2 Å². The summed E-state index contributed by atoms with van der Waals surface area (Å²) in [5.74, 6) is 1.04. The Morgan fingerprint density at radius 2 is 2.25 bits per heavy atom. The summed E-state index contributed by atoms with van der Waals surface area (Å²) in [4.78, 5) is 0. The molecule has 4 heteroatoms. The van der Waals surface area contributed by atoms with Gasteiger partial charge in [0, 0.05) is 25.1 Å². The standard InChI is InChI=1S/C12H15NO2.ClH/c1-2-9-6-13-7-11(9)12(3-1)15-10-4-5-14-8-10;/h1-3,10,13H,4-8H2;1H. The van der Waals surface area contributed by atoms with Crippen LogP contribution in [0.25, 0.3) is 0 Å². The van der Waals surface area contributed by atoms with Crippen molar-refractivity contribution < 1.29 is 9.47 Å². The molecule has 2 aliphatic heterocycles. The molecule has 16 heavy (non-hydrogen) atoms. The van der Waals surface area contributed by atoms with E-state index in [0.29, 0.717) is 0 Å². The Kier molecular flexibility index (Phi) is 3.69. The van der Waals surface area contributed by atoms with Gasteiger partial charge in [0.25, 0.3) is 0 Å². The van der Waals surface area contributed by atoms with E-state index in [-0.39, 0.29) is 18.5 Å². The Bertz CT molecular complexity index is 364. The van der Waals surface area contributed by atoms with Crippen molar-refractivity contribution in [1.82, 2.24) is 5.32 Å². The van der Waals surface area contributed by atoms with Crippen LogP contribution >= 0.6 is 12.4 Å². The van der Waals surface area contributed by atoms with Gasteiger partial charge in [-0.25, -0.2) is 0 Å². The minimum Gasteiger partial charge on any atom is -0.488 e. The summed E-state index contributed by atoms with van der Waals surface area (Å²) in [6.07, 6.45) is 1.26. The second-order valence-electron chi connectivity index (χ2n) is 4.10. The molecule has 0 aliphatic carbocycles. The Hall–Kier alpha value is -0.770. The van der Waals surface area contributed by atoms with Gasteiger partial charge in [-0.05, 0) is 11.6 Å². The first-order chi connectivity index (χ1) is 7.43. The maximum Gasteiger partial charge on any atom is 0.124 e. The number of rotatable bonds is 2. The maximum absolute atomic E-state index is 5.95. The third-order valence-electron chi connectivity index (χ3n) is 3.03. The van der Waals surface area contributed by atoms with Crippen molar-refractivity contribution >= 4 is 12.4 Å². The Morgan fingerprint density at radius 1 is 1.31 bits per heavy atom. The van der Waals surface area contributed by atoms with E-state index in [4.69, 9.17) is 9.47 Å². The smallest absolute Gasteiger partial charge is 0.124 e. The zero-order chi connectivity index (χ0) is 10.1. The van der Waals surface area contributed by atoms with Crippen LogP contribution in [0.1, 0.15) is 17.5 Å². The molecule has 0 spiro atoms. The third kappa shape index (κ3) is 2.17. The molecule has 1 saturated heterocycles. The van der Waals surface area contributed by atoms with E-state index in [1.54, 1.807) is 0 Å². The van der Waals surface area contributed by atoms with Gasteiger partial charge in [-0.15, -0.1) is 12.4 Å². The van der Waals surface area contributed by atoms with Crippen LogP contribution in [0.2, 0.25) is 0 Å². The number of halogens is 1. The number of fused-ring (bicyclic) bond motifs is 1. The lowest BCUT2D eigenvalue weighted by molar-refractivity contribution is 0.140. The van der Waals surface area contributed by atoms with E-state index >= 15 is 0 Å². The minimum atomic E-state index is 0. The zero-order valence-electron chi connectivity index (χ0n) is 9.07. The summed E-state index contributed by atoms with van der Waals surface area (Å²) in [6, 6.07) is 6.29. The highest BCUT2D eigenvalue weighted by molar-refractivity contribution is 5.85. The average molecular weight is 242 g/mol. The average Bonchev–Trinajstić information content (AvgIpc) is 2.87. The molecule has 1 aromatic carbocycles. The van der Waals surface area contributed by atoms with E-state index < -0.39 is 0 Å². The molecule has 3 rings (SSSR count). The van der Waals surface area contributed by atoms with E-state index in [9.17, 15) is 0 Å². The molecule has 1 aromatic rings. The van der Waals surface area contributed by atoms with Crippen molar-refractivity contribution in [2.45, 2.75) is 25.6 Å². The lowest BCUT2D eigenvalue weighted by Gasteiger charge is -2.14. The topological polar surface area (TPSA) is 30.5 Å². The number of hydrogen-bond donors (Lipinski definition) is 1. The second kappa shape index (κ2) is 5.04. The van der Waals surface area contributed by atoms with Crippen molar-refractivity contribution in [2.75, 3.05) is 13.2 Å². The summed E-state index contributed by atoms with van der Waals surface area (Å²) in [6.45, 7) is 3.46. The van der Waals surface area contributed by atoms with Crippen molar-refractivity contribution in [1.29, 1.82) is 0 Å². The van der Waals surface area contributed by atoms with Gasteiger partial charge in [0.1, 0.15) is 11.9 Å². The highest BCUT2D eigenvalue weighted by Crippen LogP contribution is 2.28. The number of ether oxygens (including phenoxy) is 2. The largest absolute Gasteiger partial charge is 0.488 e. The first-order valence-corrected chi connectivity index (χ1v) is 5.49. The van der Waals surface area contributed by atoms with E-state index in [2.05, 4.69) is 23.5 Å². The minimum absolute atomic E-state index is 0. The van der Waals surface area contributed by atoms with Gasteiger partial charge in [-0.3, -0.25) is 0 Å². The van der Waals surface area contributed by atoms with Gasteiger partial charge in [-0.1, -0.05) is 12.1 Å². The van der Waals surface area contributed by atoms with Crippen LogP contribution < -0.4 is 10.1 Å². The van der Waals surface area contributed by atoms with Gasteiger partial charge >= 0.3 is 0 Å². The Labute approximate surface area is 102 Å². The van der Waals surface area contributed by atoms with Crippen LogP contribution in [-0.4, -0.2) is 19.3 Å². The molecule has 1 unspecified atom stereocenters. The molecule has 2 aliphatic rings. The Balaban J connectivity index is 0.000000963. The van der Waals surface area contributed by atoms with E-state index in [1.165, 1.54) is 11.1 Å². The molecule has 0 bridgehead atoms. The molecular weight excluding hydrogens is 226 g/mol. The molecule has 2 heterocycles. The molecule has 1 N–H and O–H groups in total. The third-order valence-corrected chi connectivity index (χ3v) is 3.03. The second-order valence-corrected chi connectivity index (χ2v) is 4.10. The van der Waals surface area contributed by atoms with E-state index in [1.807, 2.05) is 0 Å². The fourth-order valence-electron chi connectivity index (χ4n) is 2.20. The summed E-state index contributed by atoms with van der Waals surface area (Å²) >= 11 is 0. The van der Waals surface area contributed by atoms with Crippen molar-refractivity contribution in [3.8, 4) is 5.75 Å². The number of hydrogen-bond acceptors (Lipinski definition) is 3. The summed E-state index contributed by atoms with van der Waals surface area (Å²) in [5.41, 5.74) is 2.69. The highest BCUT2D eigenvalue weighted by Gasteiger charge is 2.21. The van der Waals surface area contributed by atoms with Crippen molar-refractivity contribution in [2.24, 2.45) is 0 Å². The first kappa shape index (κ1) is 11.7. The van der Waals surface area contributed by atoms with Crippen molar-refractivity contribution in [3.63, 3.8) is 0 Å². The summed E-state index contributed by atoms with van der Waals surface area (Å²) in [5, 5.41) is 3.34. The molecule has 0 saturated carbocycles. The molecule has 0 radical (unpaired) electrons. The molecule has 0 aromatic heterocycles. The number of benzene rings is 1. The van der Waals surface area contributed by atoms with Crippen LogP contribution in [0.5, 0.6) is 5.75 Å². The van der Waals surface area contributed by atoms with Crippen molar-refractivity contribution in [3.05, 3.63) is 29.3 Å². The van der Waals surface area contributed by atoms with Crippen LogP contribution in [0, 0.1) is 0 Å². The molecular formula is C12H16ClNO2. The van der Waals surface area contributed by atoms with Gasteiger partial charge in [0.15, 0.2) is 0 Å². The van der Waals surface area contributed by atoms with Gasteiger partial charge < -0.3 is 14.8 Å². The number of nitrogens with one attached hydrogen (secondary N) is 1. The molecule has 88 valence electrons. The lowest BCUT2D eigenvalue weighted by Crippen LogP contribution is -2.16. The SMILES string of the molecule is Cl.c1cc2c(c(OC3CCOC3)c1)CNC2. The zero-order valence-corrected chi connectivity index (χ0v) is 9.89. The molecule has 1 atom stereocenters. The first-order valence-electron chi connectivity index (χ1n) is 5.49. The maximum atomic E-state index is 5.95. The van der Waals surface area contributed by atoms with Gasteiger partial charge in [-0.2, -0.15) is 0 Å². The molecule has 0 amide bonds. The quantitative estimate of drug-likeness (QED) is 0.858. The fourth-order valence-corrected chi connectivity index (χ4v) is 2.20. The Morgan fingerprint density at radius 3 is 3.06 bits per heavy atom. The molecule has 1 fully saturated rings. The lowest BCUT2D eigenvalue weighted by atomic mass is 10.1.